The molecule has 9 heteroatoms. The predicted molar refractivity (Wildman–Crippen MR) is 85.8 cm³/mol. The molecule has 2 aromatic carbocycles. The zero-order chi connectivity index (χ0) is 15.8. The van der Waals surface area contributed by atoms with Crippen molar-refractivity contribution in [3.63, 3.8) is 0 Å². The monoisotopic (exact) mass is 412 g/mol. The summed E-state index contributed by atoms with van der Waals surface area (Å²) in [6.45, 7) is 0. The number of benzene rings is 2. The van der Waals surface area contributed by atoms with Gasteiger partial charge in [-0.05, 0) is 30.3 Å². The minimum absolute atomic E-state index is 0.0854. The molecular weight excluding hydrogens is 406 g/mol. The maximum atomic E-state index is 13.7. The van der Waals surface area contributed by atoms with Crippen molar-refractivity contribution in [3.8, 4) is 0 Å². The first kappa shape index (κ1) is 16.4. The summed E-state index contributed by atoms with van der Waals surface area (Å²) in [5, 5.41) is -0.171. The molecule has 0 aliphatic rings. The largest absolute Gasteiger partial charge is 0.399 e. The summed E-state index contributed by atoms with van der Waals surface area (Å²) in [5.74, 6) is -0.803. The Morgan fingerprint density at radius 1 is 1.14 bits per heavy atom. The molecule has 4 nitrogen and oxygen atoms in total. The number of nitrogens with one attached hydrogen (secondary N) is 1. The van der Waals surface area contributed by atoms with Crippen LogP contribution in [0.2, 0.25) is 10.0 Å². The molecule has 0 unspecified atom stereocenters. The normalized spacial score (nSPS) is 11.4. The minimum Gasteiger partial charge on any atom is -0.399 e. The van der Waals surface area contributed by atoms with E-state index in [2.05, 4.69) is 20.7 Å². The Balaban J connectivity index is 2.48. The SMILES string of the molecule is Nc1ccc(NS(=O)(=O)c2c(Cl)cc(Br)cc2Cl)c(F)c1. The van der Waals surface area contributed by atoms with Gasteiger partial charge >= 0.3 is 0 Å². The molecule has 0 saturated heterocycles. The van der Waals surface area contributed by atoms with Crippen molar-refractivity contribution < 1.29 is 12.8 Å². The fourth-order valence-corrected chi connectivity index (χ4v) is 4.60. The third-order valence-electron chi connectivity index (χ3n) is 2.47. The molecule has 0 bridgehead atoms. The Morgan fingerprint density at radius 3 is 2.24 bits per heavy atom. The average molecular weight is 414 g/mol. The maximum Gasteiger partial charge on any atom is 0.264 e. The molecule has 0 saturated carbocycles. The van der Waals surface area contributed by atoms with Crippen molar-refractivity contribution in [2.24, 2.45) is 0 Å². The molecule has 0 radical (unpaired) electrons. The van der Waals surface area contributed by atoms with Crippen LogP contribution in [-0.2, 0) is 10.0 Å². The van der Waals surface area contributed by atoms with Crippen molar-refractivity contribution in [2.75, 3.05) is 10.5 Å². The van der Waals surface area contributed by atoms with Crippen LogP contribution in [0.5, 0.6) is 0 Å². The second-order valence-electron chi connectivity index (χ2n) is 4.04. The van der Waals surface area contributed by atoms with Gasteiger partial charge in [0.05, 0.1) is 15.7 Å². The third kappa shape index (κ3) is 3.60. The minimum atomic E-state index is -4.14. The number of sulfonamides is 1. The summed E-state index contributed by atoms with van der Waals surface area (Å²) in [6, 6.07) is 6.33. The van der Waals surface area contributed by atoms with E-state index in [1.54, 1.807) is 0 Å². The Morgan fingerprint density at radius 2 is 1.71 bits per heavy atom. The first-order valence-electron chi connectivity index (χ1n) is 5.43. The lowest BCUT2D eigenvalue weighted by Gasteiger charge is -2.12. The molecule has 0 heterocycles. The van der Waals surface area contributed by atoms with E-state index in [1.165, 1.54) is 24.3 Å². The fourth-order valence-electron chi connectivity index (χ4n) is 1.60. The highest BCUT2D eigenvalue weighted by Gasteiger charge is 2.23. The molecule has 0 fully saturated rings. The average Bonchev–Trinajstić information content (AvgIpc) is 2.30. The van der Waals surface area contributed by atoms with Crippen molar-refractivity contribution in [1.29, 1.82) is 0 Å². The molecule has 0 aromatic heterocycles. The van der Waals surface area contributed by atoms with Crippen LogP contribution < -0.4 is 10.5 Å². The molecule has 21 heavy (non-hydrogen) atoms. The van der Waals surface area contributed by atoms with Gasteiger partial charge in [-0.2, -0.15) is 0 Å². The number of nitrogens with two attached hydrogens (primary N) is 1. The predicted octanol–water partition coefficient (Wildman–Crippen LogP) is 4.28. The summed E-state index contributed by atoms with van der Waals surface area (Å²) in [7, 11) is -4.14. The highest BCUT2D eigenvalue weighted by molar-refractivity contribution is 9.10. The van der Waals surface area contributed by atoms with Crippen LogP contribution in [0.25, 0.3) is 0 Å². The van der Waals surface area contributed by atoms with Gasteiger partial charge in [0, 0.05) is 10.2 Å². The van der Waals surface area contributed by atoms with E-state index in [9.17, 15) is 12.8 Å². The van der Waals surface area contributed by atoms with Gasteiger partial charge in [-0.3, -0.25) is 4.72 Å². The summed E-state index contributed by atoms with van der Waals surface area (Å²) in [6.07, 6.45) is 0. The smallest absolute Gasteiger partial charge is 0.264 e. The number of hydrogen-bond donors (Lipinski definition) is 2. The standard InChI is InChI=1S/C12H8BrCl2FN2O2S/c13-6-3-8(14)12(9(15)4-6)21(19,20)18-11-2-1-7(17)5-10(11)16/h1-5,18H,17H2. The second-order valence-corrected chi connectivity index (χ2v) is 7.39. The van der Waals surface area contributed by atoms with E-state index in [1.807, 2.05) is 0 Å². The summed E-state index contributed by atoms with van der Waals surface area (Å²) in [5.41, 5.74) is 5.33. The lowest BCUT2D eigenvalue weighted by atomic mass is 10.3. The fraction of sp³-hybridized carbons (Fsp3) is 0. The van der Waals surface area contributed by atoms with Gasteiger partial charge in [-0.1, -0.05) is 39.1 Å². The van der Waals surface area contributed by atoms with Crippen molar-refractivity contribution >= 4 is 60.5 Å². The lowest BCUT2D eigenvalue weighted by molar-refractivity contribution is 0.598. The Labute approximate surface area is 139 Å². The maximum absolute atomic E-state index is 13.7. The van der Waals surface area contributed by atoms with E-state index >= 15 is 0 Å². The van der Waals surface area contributed by atoms with Crippen LogP contribution >= 0.6 is 39.1 Å². The zero-order valence-corrected chi connectivity index (χ0v) is 14.1. The molecule has 0 aliphatic heterocycles. The van der Waals surface area contributed by atoms with Gasteiger partial charge in [-0.15, -0.1) is 0 Å². The van der Waals surface area contributed by atoms with Gasteiger partial charge < -0.3 is 5.73 Å². The number of nitrogen functional groups attached to an aromatic ring is 1. The van der Waals surface area contributed by atoms with E-state index in [0.717, 1.165) is 6.07 Å². The Hall–Kier alpha value is -1.02. The van der Waals surface area contributed by atoms with Crippen molar-refractivity contribution in [2.45, 2.75) is 4.90 Å². The van der Waals surface area contributed by atoms with Gasteiger partial charge in [0.2, 0.25) is 0 Å². The summed E-state index contributed by atoms with van der Waals surface area (Å²) in [4.78, 5) is -0.328. The van der Waals surface area contributed by atoms with Crippen LogP contribution in [-0.4, -0.2) is 8.42 Å². The molecule has 112 valence electrons. The van der Waals surface area contributed by atoms with Gasteiger partial charge in [0.25, 0.3) is 10.0 Å². The van der Waals surface area contributed by atoms with Gasteiger partial charge in [0.15, 0.2) is 0 Å². The summed E-state index contributed by atoms with van der Waals surface area (Å²) < 4.78 is 40.9. The first-order chi connectivity index (χ1) is 9.70. The second kappa shape index (κ2) is 6.00. The van der Waals surface area contributed by atoms with Crippen LogP contribution in [0.3, 0.4) is 0 Å². The zero-order valence-electron chi connectivity index (χ0n) is 10.2. The quantitative estimate of drug-likeness (QED) is 0.737. The van der Waals surface area contributed by atoms with Crippen LogP contribution in [0, 0.1) is 5.82 Å². The molecule has 0 atom stereocenters. The molecule has 2 rings (SSSR count). The number of anilines is 2. The first-order valence-corrected chi connectivity index (χ1v) is 8.46. The number of halogens is 4. The highest BCUT2D eigenvalue weighted by Crippen LogP contribution is 2.34. The van der Waals surface area contributed by atoms with E-state index < -0.39 is 15.8 Å². The Kier molecular flexibility index (Phi) is 4.67. The molecular formula is C12H8BrCl2FN2O2S. The van der Waals surface area contributed by atoms with Gasteiger partial charge in [0.1, 0.15) is 10.7 Å². The molecule has 0 spiro atoms. The van der Waals surface area contributed by atoms with Crippen LogP contribution in [0.4, 0.5) is 15.8 Å². The van der Waals surface area contributed by atoms with E-state index in [4.69, 9.17) is 28.9 Å². The highest BCUT2D eigenvalue weighted by atomic mass is 79.9. The lowest BCUT2D eigenvalue weighted by Crippen LogP contribution is -2.15. The Bertz CT molecular complexity index is 792. The van der Waals surface area contributed by atoms with E-state index in [0.29, 0.717) is 4.47 Å². The van der Waals surface area contributed by atoms with Crippen LogP contribution in [0.1, 0.15) is 0 Å². The van der Waals surface area contributed by atoms with Gasteiger partial charge in [-0.25, -0.2) is 12.8 Å². The van der Waals surface area contributed by atoms with Crippen molar-refractivity contribution in [1.82, 2.24) is 0 Å². The molecule has 0 aliphatic carbocycles. The summed E-state index contributed by atoms with van der Waals surface area (Å²) >= 11 is 14.9. The number of hydrogen-bond acceptors (Lipinski definition) is 3. The van der Waals surface area contributed by atoms with Crippen LogP contribution in [0.15, 0.2) is 39.7 Å². The van der Waals surface area contributed by atoms with E-state index in [-0.39, 0.29) is 26.3 Å². The third-order valence-corrected chi connectivity index (χ3v) is 5.21. The molecule has 2 aromatic rings. The number of rotatable bonds is 3. The molecule has 3 N–H and O–H groups in total. The molecule has 0 amide bonds. The van der Waals surface area contributed by atoms with Crippen molar-refractivity contribution in [3.05, 3.63) is 50.7 Å². The topological polar surface area (TPSA) is 72.2 Å².